The molecule has 0 saturated carbocycles. The van der Waals surface area contributed by atoms with Crippen LogP contribution in [0.2, 0.25) is 0 Å². The predicted octanol–water partition coefficient (Wildman–Crippen LogP) is 0.555. The van der Waals surface area contributed by atoms with Gasteiger partial charge in [0.25, 0.3) is 0 Å². The van der Waals surface area contributed by atoms with E-state index >= 15 is 0 Å². The molecule has 2 aliphatic rings. The largest absolute Gasteiger partial charge is 0.375 e. The first-order chi connectivity index (χ1) is 11.5. The molecule has 2 fully saturated rings. The van der Waals surface area contributed by atoms with Crippen molar-refractivity contribution in [3.8, 4) is 0 Å². The fourth-order valence-corrected chi connectivity index (χ4v) is 3.43. The van der Waals surface area contributed by atoms with Gasteiger partial charge in [-0.1, -0.05) is 0 Å². The summed E-state index contributed by atoms with van der Waals surface area (Å²) in [5, 5.41) is 6.41. The Morgan fingerprint density at radius 2 is 2.08 bits per heavy atom. The Kier molecular flexibility index (Phi) is 5.30. The molecule has 2 atom stereocenters. The van der Waals surface area contributed by atoms with E-state index in [1.165, 1.54) is 0 Å². The van der Waals surface area contributed by atoms with E-state index in [0.29, 0.717) is 6.61 Å². The molecule has 1 aromatic rings. The molecule has 2 aliphatic heterocycles. The van der Waals surface area contributed by atoms with Gasteiger partial charge in [0.15, 0.2) is 0 Å². The van der Waals surface area contributed by atoms with Gasteiger partial charge in [-0.2, -0.15) is 0 Å². The van der Waals surface area contributed by atoms with Crippen molar-refractivity contribution in [3.05, 3.63) is 17.6 Å². The molecule has 132 valence electrons. The van der Waals surface area contributed by atoms with Gasteiger partial charge < -0.3 is 20.3 Å². The molecule has 2 saturated heterocycles. The summed E-state index contributed by atoms with van der Waals surface area (Å²) in [7, 11) is 0. The van der Waals surface area contributed by atoms with E-state index in [1.807, 2.05) is 26.8 Å². The van der Waals surface area contributed by atoms with Crippen LogP contribution in [0.15, 0.2) is 6.07 Å². The Morgan fingerprint density at radius 1 is 1.33 bits per heavy atom. The van der Waals surface area contributed by atoms with Gasteiger partial charge in [0.2, 0.25) is 5.91 Å². The lowest BCUT2D eigenvalue weighted by Crippen LogP contribution is -2.58. The topological polar surface area (TPSA) is 79.4 Å². The number of ether oxygens (including phenoxy) is 1. The monoisotopic (exact) mass is 333 g/mol. The molecule has 0 radical (unpaired) electrons. The summed E-state index contributed by atoms with van der Waals surface area (Å²) in [5.41, 5.74) is 0.991. The Balaban J connectivity index is 1.52. The van der Waals surface area contributed by atoms with Gasteiger partial charge in [-0.25, -0.2) is 9.97 Å². The maximum Gasteiger partial charge on any atom is 0.240 e. The number of morpholine rings is 1. The first kappa shape index (κ1) is 17.1. The van der Waals surface area contributed by atoms with Crippen molar-refractivity contribution in [1.82, 2.24) is 20.6 Å². The van der Waals surface area contributed by atoms with Gasteiger partial charge >= 0.3 is 0 Å². The number of nitrogens with one attached hydrogen (secondary N) is 2. The van der Waals surface area contributed by atoms with Crippen LogP contribution in [0.3, 0.4) is 0 Å². The summed E-state index contributed by atoms with van der Waals surface area (Å²) < 4.78 is 5.55. The quantitative estimate of drug-likeness (QED) is 0.841. The number of hydrogen-bond acceptors (Lipinski definition) is 6. The minimum absolute atomic E-state index is 0.0503. The molecule has 24 heavy (non-hydrogen) atoms. The third-order valence-corrected chi connectivity index (χ3v) is 4.72. The average molecular weight is 333 g/mol. The number of piperidine rings is 1. The standard InChI is InChI=1S/C17H27N5O2/c1-11-10-15(20-13(3)19-11)22-7-4-14(5-8-22)21-17(23)16-12(2)24-9-6-18-16/h10,12,14,16,18H,4-9H2,1-3H3,(H,21,23)/t12-,16+/m1/s1. The highest BCUT2D eigenvalue weighted by atomic mass is 16.5. The van der Waals surface area contributed by atoms with Crippen LogP contribution < -0.4 is 15.5 Å². The Bertz CT molecular complexity index is 566. The Morgan fingerprint density at radius 3 is 2.75 bits per heavy atom. The summed E-state index contributed by atoms with van der Waals surface area (Å²) >= 11 is 0. The fraction of sp³-hybridized carbons (Fsp3) is 0.706. The molecular weight excluding hydrogens is 306 g/mol. The van der Waals surface area contributed by atoms with Gasteiger partial charge in [0.1, 0.15) is 17.7 Å². The van der Waals surface area contributed by atoms with E-state index in [2.05, 4.69) is 25.5 Å². The average Bonchev–Trinajstić information content (AvgIpc) is 2.55. The van der Waals surface area contributed by atoms with Crippen LogP contribution in [0.5, 0.6) is 0 Å². The molecule has 3 heterocycles. The van der Waals surface area contributed by atoms with Gasteiger partial charge in [0, 0.05) is 37.4 Å². The third kappa shape index (κ3) is 4.02. The Hall–Kier alpha value is -1.73. The highest BCUT2D eigenvalue weighted by Gasteiger charge is 2.30. The van der Waals surface area contributed by atoms with Crippen molar-refractivity contribution in [3.63, 3.8) is 0 Å². The highest BCUT2D eigenvalue weighted by molar-refractivity contribution is 5.82. The van der Waals surface area contributed by atoms with Gasteiger partial charge in [-0.15, -0.1) is 0 Å². The van der Waals surface area contributed by atoms with E-state index in [0.717, 1.165) is 49.8 Å². The second kappa shape index (κ2) is 7.44. The summed E-state index contributed by atoms with van der Waals surface area (Å²) in [4.78, 5) is 23.6. The van der Waals surface area contributed by atoms with Crippen molar-refractivity contribution in [2.75, 3.05) is 31.1 Å². The van der Waals surface area contributed by atoms with Crippen LogP contribution in [0.25, 0.3) is 0 Å². The van der Waals surface area contributed by atoms with E-state index in [9.17, 15) is 4.79 Å². The molecule has 2 N–H and O–H groups in total. The number of hydrogen-bond donors (Lipinski definition) is 2. The molecule has 0 unspecified atom stereocenters. The highest BCUT2D eigenvalue weighted by Crippen LogP contribution is 2.19. The van der Waals surface area contributed by atoms with Crippen molar-refractivity contribution in [1.29, 1.82) is 0 Å². The summed E-state index contributed by atoms with van der Waals surface area (Å²) in [6, 6.07) is 1.99. The second-order valence-electron chi connectivity index (χ2n) is 6.69. The van der Waals surface area contributed by atoms with E-state index in [-0.39, 0.29) is 24.1 Å². The molecule has 0 aromatic carbocycles. The summed E-state index contributed by atoms with van der Waals surface area (Å²) in [6.07, 6.45) is 1.77. The zero-order chi connectivity index (χ0) is 17.1. The van der Waals surface area contributed by atoms with Crippen LogP contribution in [-0.4, -0.2) is 60.3 Å². The van der Waals surface area contributed by atoms with E-state index in [1.54, 1.807) is 0 Å². The summed E-state index contributed by atoms with van der Waals surface area (Å²) in [5.74, 6) is 1.84. The molecule has 7 nitrogen and oxygen atoms in total. The Labute approximate surface area is 143 Å². The van der Waals surface area contributed by atoms with Gasteiger partial charge in [-0.3, -0.25) is 4.79 Å². The second-order valence-corrected chi connectivity index (χ2v) is 6.69. The molecular formula is C17H27N5O2. The molecule has 1 amide bonds. The fourth-order valence-electron chi connectivity index (χ4n) is 3.43. The van der Waals surface area contributed by atoms with Crippen molar-refractivity contribution in [2.45, 2.75) is 51.8 Å². The van der Waals surface area contributed by atoms with Gasteiger partial charge in [-0.05, 0) is 33.6 Å². The van der Waals surface area contributed by atoms with Crippen molar-refractivity contribution >= 4 is 11.7 Å². The molecule has 0 spiro atoms. The predicted molar refractivity (Wildman–Crippen MR) is 92.1 cm³/mol. The minimum Gasteiger partial charge on any atom is -0.375 e. The zero-order valence-electron chi connectivity index (χ0n) is 14.7. The van der Waals surface area contributed by atoms with E-state index in [4.69, 9.17) is 4.74 Å². The smallest absolute Gasteiger partial charge is 0.240 e. The summed E-state index contributed by atoms with van der Waals surface area (Å²) in [6.45, 7) is 9.04. The molecule has 0 aliphatic carbocycles. The number of nitrogens with zero attached hydrogens (tertiary/aromatic N) is 3. The molecule has 0 bridgehead atoms. The van der Waals surface area contributed by atoms with Crippen LogP contribution in [0.4, 0.5) is 5.82 Å². The van der Waals surface area contributed by atoms with Crippen LogP contribution in [0.1, 0.15) is 31.3 Å². The number of anilines is 1. The number of amides is 1. The van der Waals surface area contributed by atoms with Crippen molar-refractivity contribution in [2.24, 2.45) is 0 Å². The lowest BCUT2D eigenvalue weighted by molar-refractivity contribution is -0.129. The number of carbonyl (C=O) groups excluding carboxylic acids is 1. The zero-order valence-corrected chi connectivity index (χ0v) is 14.7. The normalized spacial score (nSPS) is 25.5. The van der Waals surface area contributed by atoms with Gasteiger partial charge in [0.05, 0.1) is 12.7 Å². The number of aryl methyl sites for hydroxylation is 2. The minimum atomic E-state index is -0.246. The third-order valence-electron chi connectivity index (χ3n) is 4.72. The number of rotatable bonds is 3. The molecule has 1 aromatic heterocycles. The van der Waals surface area contributed by atoms with Crippen molar-refractivity contribution < 1.29 is 9.53 Å². The first-order valence-corrected chi connectivity index (χ1v) is 8.75. The van der Waals surface area contributed by atoms with Crippen LogP contribution >= 0.6 is 0 Å². The SMILES string of the molecule is Cc1cc(N2CCC(NC(=O)[C@H]3NCCO[C@@H]3C)CC2)nc(C)n1. The van der Waals surface area contributed by atoms with Crippen LogP contribution in [0, 0.1) is 13.8 Å². The lowest BCUT2D eigenvalue weighted by Gasteiger charge is -2.35. The van der Waals surface area contributed by atoms with E-state index < -0.39 is 0 Å². The van der Waals surface area contributed by atoms with Crippen LogP contribution in [-0.2, 0) is 9.53 Å². The maximum atomic E-state index is 12.4. The number of aromatic nitrogens is 2. The molecule has 7 heteroatoms. The maximum absolute atomic E-state index is 12.4. The first-order valence-electron chi connectivity index (χ1n) is 8.75. The lowest BCUT2D eigenvalue weighted by atomic mass is 10.0. The number of carbonyl (C=O) groups is 1. The molecule has 3 rings (SSSR count).